The Morgan fingerprint density at radius 2 is 1.83 bits per heavy atom. The molecule has 1 aromatic carbocycles. The minimum Gasteiger partial charge on any atom is -0.462 e. The van der Waals surface area contributed by atoms with Gasteiger partial charge in [0.05, 0.1) is 0 Å². The summed E-state index contributed by atoms with van der Waals surface area (Å²) in [6, 6.07) is 10.0. The molecule has 2 rings (SSSR count). The number of hydrogen-bond donors (Lipinski definition) is 0. The summed E-state index contributed by atoms with van der Waals surface area (Å²) in [5.41, 5.74) is 0.327. The molecular formula is C18H20FeO4. The molecule has 0 N–H and O–H groups in total. The van der Waals surface area contributed by atoms with Crippen LogP contribution in [0.5, 0.6) is 0 Å². The Labute approximate surface area is 148 Å². The third-order valence-electron chi connectivity index (χ3n) is 2.56. The molecule has 1 aromatic rings. The van der Waals surface area contributed by atoms with Crippen molar-refractivity contribution in [3.63, 3.8) is 0 Å². The van der Waals surface area contributed by atoms with Crippen molar-refractivity contribution in [3.8, 4) is 0 Å². The van der Waals surface area contributed by atoms with E-state index in [2.05, 4.69) is 6.58 Å². The summed E-state index contributed by atoms with van der Waals surface area (Å²) in [6.45, 7) is 5.12. The summed E-state index contributed by atoms with van der Waals surface area (Å²) in [5.74, 6) is 0.105. The number of esters is 2. The van der Waals surface area contributed by atoms with Gasteiger partial charge in [-0.2, -0.15) is 18.2 Å². The van der Waals surface area contributed by atoms with Gasteiger partial charge in [0.2, 0.25) is 0 Å². The number of carbonyl (C=O) groups excluding carboxylic acids is 2. The molecule has 0 aliphatic heterocycles. The first-order valence-corrected chi connectivity index (χ1v) is 6.95. The molecule has 0 bridgehead atoms. The van der Waals surface area contributed by atoms with E-state index in [0.717, 1.165) is 5.92 Å². The summed E-state index contributed by atoms with van der Waals surface area (Å²) < 4.78 is 9.67. The Kier molecular flexibility index (Phi) is 11.7. The number of ether oxygens (including phenoxy) is 2. The van der Waals surface area contributed by atoms with E-state index in [0.29, 0.717) is 5.57 Å². The monoisotopic (exact) mass is 356 g/mol. The Morgan fingerprint density at radius 1 is 1.17 bits per heavy atom. The van der Waals surface area contributed by atoms with Crippen molar-refractivity contribution >= 4 is 11.9 Å². The average molecular weight is 356 g/mol. The minimum atomic E-state index is -0.475. The van der Waals surface area contributed by atoms with Gasteiger partial charge in [-0.05, 0) is 6.92 Å². The van der Waals surface area contributed by atoms with E-state index in [1.807, 2.05) is 55.3 Å². The van der Waals surface area contributed by atoms with Crippen LogP contribution in [0.4, 0.5) is 0 Å². The molecule has 0 amide bonds. The molecule has 5 heteroatoms. The molecule has 0 aromatic heterocycles. The van der Waals surface area contributed by atoms with Crippen LogP contribution in [0.3, 0.4) is 0 Å². The van der Waals surface area contributed by atoms with Crippen LogP contribution in [0.15, 0.2) is 54.6 Å². The molecule has 0 heterocycles. The number of carbonyl (C=O) groups is 2. The summed E-state index contributed by atoms with van der Waals surface area (Å²) in [7, 11) is 0. The first-order valence-electron chi connectivity index (χ1n) is 6.95. The summed E-state index contributed by atoms with van der Waals surface area (Å²) in [6.07, 6.45) is 7.65. The third-order valence-corrected chi connectivity index (χ3v) is 2.56. The van der Waals surface area contributed by atoms with E-state index in [-0.39, 0.29) is 42.7 Å². The Bertz CT molecular complexity index is 466. The fraction of sp³-hybridized carbons (Fsp3) is 0.222. The van der Waals surface area contributed by atoms with E-state index >= 15 is 0 Å². The minimum absolute atomic E-state index is 0. The summed E-state index contributed by atoms with van der Waals surface area (Å²) >= 11 is 0. The van der Waals surface area contributed by atoms with Crippen molar-refractivity contribution in [3.05, 3.63) is 73.4 Å². The van der Waals surface area contributed by atoms with Crippen LogP contribution in [-0.4, -0.2) is 25.2 Å². The molecule has 1 aliphatic carbocycles. The van der Waals surface area contributed by atoms with Crippen LogP contribution in [0.2, 0.25) is 0 Å². The zero-order valence-electron chi connectivity index (χ0n) is 13.0. The maximum atomic E-state index is 11.3. The van der Waals surface area contributed by atoms with Crippen LogP contribution in [0.25, 0.3) is 0 Å². The van der Waals surface area contributed by atoms with Gasteiger partial charge < -0.3 is 9.47 Å². The standard InChI is InChI=1S/C13H15O4.C5H5.Fe/c1-10(2)13(15)17-8-7-16-12(14)9-11-5-3-4-6-11;1-2-4-5-3-1;/h3-6H,1,7-9H2,2H3;1-5H;/q2*-1;+2. The first-order chi connectivity index (χ1) is 10.6. The predicted octanol–water partition coefficient (Wildman–Crippen LogP) is 2.99. The smallest absolute Gasteiger partial charge is 0.462 e. The second-order valence-corrected chi connectivity index (χ2v) is 4.57. The molecule has 0 fully saturated rings. The van der Waals surface area contributed by atoms with E-state index < -0.39 is 5.97 Å². The fourth-order valence-electron chi connectivity index (χ4n) is 1.48. The number of rotatable bonds is 6. The number of hydrogen-bond acceptors (Lipinski definition) is 4. The van der Waals surface area contributed by atoms with Crippen LogP contribution in [-0.2, 0) is 36.1 Å². The van der Waals surface area contributed by atoms with Gasteiger partial charge in [-0.1, -0.05) is 12.5 Å². The van der Waals surface area contributed by atoms with Gasteiger partial charge in [0, 0.05) is 12.0 Å². The molecule has 0 saturated carbocycles. The summed E-state index contributed by atoms with van der Waals surface area (Å²) in [4.78, 5) is 22.3. The van der Waals surface area contributed by atoms with Crippen LogP contribution in [0, 0.1) is 18.8 Å². The Morgan fingerprint density at radius 3 is 2.30 bits per heavy atom. The van der Waals surface area contributed by atoms with Crippen molar-refractivity contribution in [2.24, 2.45) is 0 Å². The SMILES string of the molecule is C=C(C)C(=O)OCCOC(=O)C[C]1[CH]C=C[CH-]1.[Fe+2].c1cc[cH-]c1. The molecule has 0 atom stereocenters. The van der Waals surface area contributed by atoms with Gasteiger partial charge in [0.15, 0.2) is 0 Å². The molecule has 124 valence electrons. The van der Waals surface area contributed by atoms with Crippen molar-refractivity contribution in [1.29, 1.82) is 0 Å². The molecule has 1 aliphatic rings. The van der Waals surface area contributed by atoms with E-state index in [1.165, 1.54) is 0 Å². The van der Waals surface area contributed by atoms with Crippen molar-refractivity contribution in [1.82, 2.24) is 0 Å². The van der Waals surface area contributed by atoms with Gasteiger partial charge in [-0.3, -0.25) is 4.79 Å². The van der Waals surface area contributed by atoms with Crippen molar-refractivity contribution < 1.29 is 36.1 Å². The Balaban J connectivity index is 0.000000684. The summed E-state index contributed by atoms with van der Waals surface area (Å²) in [5, 5.41) is 0. The molecule has 4 nitrogen and oxygen atoms in total. The van der Waals surface area contributed by atoms with Crippen LogP contribution >= 0.6 is 0 Å². The largest absolute Gasteiger partial charge is 2.00 e. The van der Waals surface area contributed by atoms with Crippen molar-refractivity contribution in [2.45, 2.75) is 13.3 Å². The van der Waals surface area contributed by atoms with Crippen molar-refractivity contribution in [2.75, 3.05) is 13.2 Å². The van der Waals surface area contributed by atoms with Gasteiger partial charge >= 0.3 is 29.0 Å². The molecular weight excluding hydrogens is 336 g/mol. The topological polar surface area (TPSA) is 52.6 Å². The average Bonchev–Trinajstić information content (AvgIpc) is 3.18. The van der Waals surface area contributed by atoms with E-state index in [4.69, 9.17) is 9.47 Å². The van der Waals surface area contributed by atoms with Gasteiger partial charge in [-0.25, -0.2) is 35.5 Å². The zero-order valence-corrected chi connectivity index (χ0v) is 14.1. The molecule has 0 saturated heterocycles. The maximum absolute atomic E-state index is 11.3. The van der Waals surface area contributed by atoms with Gasteiger partial charge in [-0.15, -0.1) is 6.42 Å². The first kappa shape index (κ1) is 21.2. The third kappa shape index (κ3) is 10.5. The van der Waals surface area contributed by atoms with Gasteiger partial charge in [0.25, 0.3) is 0 Å². The van der Waals surface area contributed by atoms with E-state index in [1.54, 1.807) is 6.92 Å². The molecule has 2 radical (unpaired) electrons. The number of allylic oxidation sites excluding steroid dienone is 2. The molecule has 0 unspecified atom stereocenters. The second kappa shape index (κ2) is 12.7. The zero-order chi connectivity index (χ0) is 16.2. The normalized spacial score (nSPS) is 12.2. The maximum Gasteiger partial charge on any atom is 2.00 e. The second-order valence-electron chi connectivity index (χ2n) is 4.57. The molecule has 23 heavy (non-hydrogen) atoms. The van der Waals surface area contributed by atoms with Gasteiger partial charge in [0.1, 0.15) is 13.2 Å². The van der Waals surface area contributed by atoms with E-state index in [9.17, 15) is 9.59 Å². The molecule has 0 spiro atoms. The fourth-order valence-corrected chi connectivity index (χ4v) is 1.48. The van der Waals surface area contributed by atoms with Crippen LogP contribution in [0.1, 0.15) is 13.3 Å². The quantitative estimate of drug-likeness (QED) is 0.259. The predicted molar refractivity (Wildman–Crippen MR) is 84.4 cm³/mol. The van der Waals surface area contributed by atoms with Crippen LogP contribution < -0.4 is 0 Å². The Hall–Kier alpha value is -1.84.